The third-order valence-electron chi connectivity index (χ3n) is 9.51. The summed E-state index contributed by atoms with van der Waals surface area (Å²) in [5.41, 5.74) is 0.252. The lowest BCUT2D eigenvalue weighted by Gasteiger charge is -2.62. The van der Waals surface area contributed by atoms with Crippen LogP contribution in [0.5, 0.6) is 0 Å². The third kappa shape index (κ3) is 2.16. The highest BCUT2D eigenvalue weighted by molar-refractivity contribution is 5.87. The van der Waals surface area contributed by atoms with Crippen molar-refractivity contribution in [1.29, 1.82) is 0 Å². The molecule has 4 aliphatic carbocycles. The first-order valence-electron chi connectivity index (χ1n) is 11.0. The van der Waals surface area contributed by atoms with Crippen LogP contribution >= 0.6 is 0 Å². The van der Waals surface area contributed by atoms with Crippen molar-refractivity contribution in [3.05, 3.63) is 0 Å². The van der Waals surface area contributed by atoms with E-state index < -0.39 is 5.79 Å². The molecule has 1 heterocycles. The van der Waals surface area contributed by atoms with Gasteiger partial charge >= 0.3 is 0 Å². The van der Waals surface area contributed by atoms with Gasteiger partial charge in [0.05, 0.1) is 12.2 Å². The molecule has 5 fully saturated rings. The van der Waals surface area contributed by atoms with Crippen LogP contribution in [0.1, 0.15) is 79.6 Å². The van der Waals surface area contributed by atoms with E-state index in [1.54, 1.807) is 0 Å². The lowest BCUT2D eigenvalue weighted by Crippen LogP contribution is -2.63. The molecule has 5 aliphatic rings. The SMILES string of the molecule is C[C@H]1CC[C@@]2(C)C(C1)[C@H]1OC(C)(C)O[C@@H]1C1C3CCC(=O)[C@@]3(C)CC[C@@H]12. The summed E-state index contributed by atoms with van der Waals surface area (Å²) in [6, 6.07) is 0. The minimum atomic E-state index is -0.484. The summed E-state index contributed by atoms with van der Waals surface area (Å²) in [5, 5.41) is 0. The van der Waals surface area contributed by atoms with Crippen LogP contribution in [0.2, 0.25) is 0 Å². The number of hydrogen-bond acceptors (Lipinski definition) is 3. The van der Waals surface area contributed by atoms with Crippen LogP contribution in [0, 0.1) is 40.4 Å². The molecule has 5 rings (SSSR count). The molecular formula is C23H36O3. The van der Waals surface area contributed by atoms with Crippen molar-refractivity contribution < 1.29 is 14.3 Å². The number of hydrogen-bond donors (Lipinski definition) is 0. The van der Waals surface area contributed by atoms with Gasteiger partial charge in [0.2, 0.25) is 0 Å². The van der Waals surface area contributed by atoms with E-state index in [4.69, 9.17) is 9.47 Å². The first-order chi connectivity index (χ1) is 12.2. The third-order valence-corrected chi connectivity index (χ3v) is 9.51. The summed E-state index contributed by atoms with van der Waals surface area (Å²) in [4.78, 5) is 12.8. The van der Waals surface area contributed by atoms with Crippen LogP contribution < -0.4 is 0 Å². The monoisotopic (exact) mass is 360 g/mol. The number of ketones is 1. The molecule has 0 N–H and O–H groups in total. The largest absolute Gasteiger partial charge is 0.344 e. The molecule has 3 unspecified atom stereocenters. The van der Waals surface area contributed by atoms with Crippen molar-refractivity contribution in [1.82, 2.24) is 0 Å². The molecule has 146 valence electrons. The first-order valence-corrected chi connectivity index (χ1v) is 11.0. The van der Waals surface area contributed by atoms with E-state index in [9.17, 15) is 4.79 Å². The summed E-state index contributed by atoms with van der Waals surface area (Å²) in [7, 11) is 0. The molecule has 0 spiro atoms. The van der Waals surface area contributed by atoms with E-state index in [-0.39, 0.29) is 17.6 Å². The molecule has 26 heavy (non-hydrogen) atoms. The highest BCUT2D eigenvalue weighted by Crippen LogP contribution is 2.68. The van der Waals surface area contributed by atoms with Crippen molar-refractivity contribution in [2.75, 3.05) is 0 Å². The average molecular weight is 361 g/mol. The van der Waals surface area contributed by atoms with Crippen LogP contribution in [0.25, 0.3) is 0 Å². The van der Waals surface area contributed by atoms with Gasteiger partial charge in [-0.05, 0) is 81.0 Å². The molecule has 9 atom stereocenters. The summed E-state index contributed by atoms with van der Waals surface area (Å²) < 4.78 is 13.2. The van der Waals surface area contributed by atoms with Crippen molar-refractivity contribution in [3.8, 4) is 0 Å². The van der Waals surface area contributed by atoms with Crippen LogP contribution in [-0.4, -0.2) is 23.8 Å². The molecule has 0 radical (unpaired) electrons. The van der Waals surface area contributed by atoms with Gasteiger partial charge in [0.25, 0.3) is 0 Å². The van der Waals surface area contributed by atoms with Gasteiger partial charge in [-0.2, -0.15) is 0 Å². The van der Waals surface area contributed by atoms with E-state index in [2.05, 4.69) is 34.6 Å². The second-order valence-electron chi connectivity index (χ2n) is 11.3. The van der Waals surface area contributed by atoms with E-state index >= 15 is 0 Å². The highest BCUT2D eigenvalue weighted by atomic mass is 16.8. The van der Waals surface area contributed by atoms with Gasteiger partial charge in [-0.3, -0.25) is 4.79 Å². The minimum Gasteiger partial charge on any atom is -0.344 e. The molecule has 0 aromatic carbocycles. The van der Waals surface area contributed by atoms with Gasteiger partial charge in [-0.25, -0.2) is 0 Å². The quantitative estimate of drug-likeness (QED) is 0.611. The fraction of sp³-hybridized carbons (Fsp3) is 0.957. The number of carbonyl (C=O) groups excluding carboxylic acids is 1. The maximum atomic E-state index is 12.8. The summed E-state index contributed by atoms with van der Waals surface area (Å²) in [6.07, 6.45) is 8.51. The molecule has 0 amide bonds. The van der Waals surface area contributed by atoms with Crippen LogP contribution in [0.15, 0.2) is 0 Å². The van der Waals surface area contributed by atoms with Crippen molar-refractivity contribution in [2.24, 2.45) is 40.4 Å². The van der Waals surface area contributed by atoms with E-state index in [0.29, 0.717) is 34.9 Å². The Balaban J connectivity index is 1.59. The molecule has 1 aliphatic heterocycles. The van der Waals surface area contributed by atoms with Crippen molar-refractivity contribution in [2.45, 2.75) is 97.6 Å². The molecule has 0 aromatic rings. The Labute approximate surface area is 158 Å². The number of ether oxygens (including phenoxy) is 2. The summed E-state index contributed by atoms with van der Waals surface area (Å²) >= 11 is 0. The zero-order chi connectivity index (χ0) is 18.5. The van der Waals surface area contributed by atoms with Crippen molar-refractivity contribution in [3.63, 3.8) is 0 Å². The predicted octanol–water partition coefficient (Wildman–Crippen LogP) is 4.97. The smallest absolute Gasteiger partial charge is 0.163 e. The average Bonchev–Trinajstić information content (AvgIpc) is 3.05. The number of rotatable bonds is 0. The lowest BCUT2D eigenvalue weighted by atomic mass is 9.43. The predicted molar refractivity (Wildman–Crippen MR) is 100 cm³/mol. The van der Waals surface area contributed by atoms with Crippen molar-refractivity contribution >= 4 is 5.78 Å². The number of fused-ring (bicyclic) bond motifs is 8. The first kappa shape index (κ1) is 17.7. The van der Waals surface area contributed by atoms with E-state index in [1.807, 2.05) is 0 Å². The minimum absolute atomic E-state index is 0.104. The Kier molecular flexibility index (Phi) is 3.63. The van der Waals surface area contributed by atoms with Gasteiger partial charge in [0.1, 0.15) is 5.78 Å². The Bertz CT molecular complexity index is 627. The van der Waals surface area contributed by atoms with Gasteiger partial charge in [0, 0.05) is 11.8 Å². The summed E-state index contributed by atoms with van der Waals surface area (Å²) in [5.74, 6) is 3.13. The Hall–Kier alpha value is -0.410. The maximum absolute atomic E-state index is 12.8. The van der Waals surface area contributed by atoms with E-state index in [0.717, 1.165) is 25.2 Å². The zero-order valence-electron chi connectivity index (χ0n) is 17.2. The lowest BCUT2D eigenvalue weighted by molar-refractivity contribution is -0.181. The second kappa shape index (κ2) is 5.35. The Morgan fingerprint density at radius 2 is 1.62 bits per heavy atom. The van der Waals surface area contributed by atoms with Gasteiger partial charge in [-0.1, -0.05) is 27.2 Å². The van der Waals surface area contributed by atoms with Gasteiger partial charge in [0.15, 0.2) is 5.79 Å². The van der Waals surface area contributed by atoms with Gasteiger partial charge in [-0.15, -0.1) is 0 Å². The molecule has 4 saturated carbocycles. The fourth-order valence-electron chi connectivity index (χ4n) is 8.15. The highest BCUT2D eigenvalue weighted by Gasteiger charge is 2.68. The number of carbonyl (C=O) groups is 1. The molecular weight excluding hydrogens is 324 g/mol. The number of Topliss-reactive ketones (excluding diaryl/α,β-unsaturated/α-hetero) is 1. The maximum Gasteiger partial charge on any atom is 0.163 e. The molecule has 3 heteroatoms. The summed E-state index contributed by atoms with van der Waals surface area (Å²) in [6.45, 7) is 11.4. The molecule has 0 aromatic heterocycles. The standard InChI is InChI=1S/C23H36O3/c1-13-8-10-22(4)15-9-11-23(5)14(6-7-17(23)24)18(15)20-19(16(22)12-13)25-21(2,3)26-20/h13-16,18-20H,6-12H2,1-5H3/t13-,14?,15-,16?,18?,19+,20+,22+,23-/m0/s1. The molecule has 3 nitrogen and oxygen atoms in total. The van der Waals surface area contributed by atoms with Crippen LogP contribution in [-0.2, 0) is 14.3 Å². The van der Waals surface area contributed by atoms with Crippen LogP contribution in [0.4, 0.5) is 0 Å². The Morgan fingerprint density at radius 3 is 2.38 bits per heavy atom. The Morgan fingerprint density at radius 1 is 0.885 bits per heavy atom. The van der Waals surface area contributed by atoms with E-state index in [1.165, 1.54) is 25.7 Å². The fourth-order valence-corrected chi connectivity index (χ4v) is 8.15. The molecule has 1 saturated heterocycles. The second-order valence-corrected chi connectivity index (χ2v) is 11.3. The molecule has 0 bridgehead atoms. The topological polar surface area (TPSA) is 35.5 Å². The normalized spacial score (nSPS) is 57.9. The zero-order valence-corrected chi connectivity index (χ0v) is 17.2. The van der Waals surface area contributed by atoms with Crippen LogP contribution in [0.3, 0.4) is 0 Å². The van der Waals surface area contributed by atoms with Gasteiger partial charge < -0.3 is 9.47 Å².